The summed E-state index contributed by atoms with van der Waals surface area (Å²) in [5, 5.41) is 9.31. The van der Waals surface area contributed by atoms with Crippen molar-refractivity contribution >= 4 is 65.3 Å². The van der Waals surface area contributed by atoms with Crippen LogP contribution in [-0.2, 0) is 0 Å². The molecule has 0 aliphatic heterocycles. The van der Waals surface area contributed by atoms with E-state index in [2.05, 4.69) is 138 Å². The van der Waals surface area contributed by atoms with Crippen LogP contribution in [-0.4, -0.2) is 19.5 Å². The van der Waals surface area contributed by atoms with Crippen molar-refractivity contribution in [3.8, 4) is 51.0 Å². The number of hydrogen-bond donors (Lipinski definition) is 0. The maximum absolute atomic E-state index is 7.06. The summed E-state index contributed by atoms with van der Waals surface area (Å²) in [5.41, 5.74) is 9.85. The average Bonchev–Trinajstić information content (AvgIpc) is 3.84. The van der Waals surface area contributed by atoms with Gasteiger partial charge in [-0.15, -0.1) is 0 Å². The summed E-state index contributed by atoms with van der Waals surface area (Å²) in [6.07, 6.45) is 0. The molecule has 12 aromatic rings. The maximum atomic E-state index is 7.06. The van der Waals surface area contributed by atoms with Crippen molar-refractivity contribution in [1.29, 1.82) is 0 Å². The predicted octanol–water partition coefficient (Wildman–Crippen LogP) is 13.8. The van der Waals surface area contributed by atoms with Crippen LogP contribution >= 0.6 is 0 Å². The first-order valence-corrected chi connectivity index (χ1v) is 19.5. The van der Waals surface area contributed by atoms with Crippen molar-refractivity contribution < 1.29 is 4.42 Å². The van der Waals surface area contributed by atoms with Crippen molar-refractivity contribution in [2.24, 2.45) is 0 Å². The van der Waals surface area contributed by atoms with Gasteiger partial charge in [0, 0.05) is 49.5 Å². The zero-order valence-electron chi connectivity index (χ0n) is 31.2. The summed E-state index contributed by atoms with van der Waals surface area (Å²) in [4.78, 5) is 15.0. The molecular formula is C53H32N4O. The van der Waals surface area contributed by atoms with E-state index in [9.17, 15) is 0 Å². The Morgan fingerprint density at radius 3 is 1.53 bits per heavy atom. The Labute approximate surface area is 333 Å². The number of furan rings is 1. The Bertz CT molecular complexity index is 3460. The second-order valence-electron chi connectivity index (χ2n) is 14.8. The maximum Gasteiger partial charge on any atom is 0.164 e. The quantitative estimate of drug-likeness (QED) is 0.165. The van der Waals surface area contributed by atoms with E-state index >= 15 is 0 Å². The van der Waals surface area contributed by atoms with E-state index in [4.69, 9.17) is 19.4 Å². The van der Waals surface area contributed by atoms with Gasteiger partial charge in [-0.3, -0.25) is 0 Å². The fourth-order valence-electron chi connectivity index (χ4n) is 8.75. The molecule has 0 saturated carbocycles. The highest BCUT2D eigenvalue weighted by atomic mass is 16.3. The number of benzene rings is 9. The largest absolute Gasteiger partial charge is 0.455 e. The molecule has 12 rings (SSSR count). The molecule has 5 heteroatoms. The molecule has 270 valence electrons. The van der Waals surface area contributed by atoms with Gasteiger partial charge in [0.15, 0.2) is 17.5 Å². The molecule has 0 radical (unpaired) electrons. The summed E-state index contributed by atoms with van der Waals surface area (Å²) < 4.78 is 9.45. The SMILES string of the molecule is c1ccc(-c2nc(-c3ccccc3)nc(-c3ccc4c(c3)oc3c(-c5cc6ccccc6c6ccccc56)cc(-n5c6ccccc6c6ccccc65)cc34)n2)cc1. The third-order valence-electron chi connectivity index (χ3n) is 11.4. The minimum atomic E-state index is 0.585. The van der Waals surface area contributed by atoms with Crippen LogP contribution in [0, 0.1) is 0 Å². The molecule has 3 heterocycles. The highest BCUT2D eigenvalue weighted by Gasteiger charge is 2.21. The highest BCUT2D eigenvalue weighted by Crippen LogP contribution is 2.44. The van der Waals surface area contributed by atoms with E-state index in [1.165, 1.54) is 32.3 Å². The molecule has 0 aliphatic carbocycles. The fraction of sp³-hybridized carbons (Fsp3) is 0. The Balaban J connectivity index is 1.14. The number of nitrogens with zero attached hydrogens (tertiary/aromatic N) is 4. The smallest absolute Gasteiger partial charge is 0.164 e. The molecule has 0 aliphatic rings. The average molecular weight is 741 g/mol. The number of rotatable bonds is 5. The number of fused-ring (bicyclic) bond motifs is 9. The van der Waals surface area contributed by atoms with Gasteiger partial charge >= 0.3 is 0 Å². The lowest BCUT2D eigenvalue weighted by atomic mass is 9.92. The summed E-state index contributed by atoms with van der Waals surface area (Å²) in [5.74, 6) is 1.83. The molecule has 0 atom stereocenters. The van der Waals surface area contributed by atoms with E-state index in [0.717, 1.165) is 66.5 Å². The van der Waals surface area contributed by atoms with Crippen molar-refractivity contribution in [1.82, 2.24) is 19.5 Å². The van der Waals surface area contributed by atoms with Crippen molar-refractivity contribution in [3.05, 3.63) is 194 Å². The molecule has 9 aromatic carbocycles. The van der Waals surface area contributed by atoms with E-state index in [-0.39, 0.29) is 0 Å². The van der Waals surface area contributed by atoms with E-state index in [1.54, 1.807) is 0 Å². The second kappa shape index (κ2) is 12.8. The van der Waals surface area contributed by atoms with Gasteiger partial charge < -0.3 is 8.98 Å². The molecule has 0 spiro atoms. The third kappa shape index (κ3) is 5.07. The second-order valence-corrected chi connectivity index (χ2v) is 14.8. The fourth-order valence-corrected chi connectivity index (χ4v) is 8.75. The predicted molar refractivity (Wildman–Crippen MR) is 238 cm³/mol. The molecule has 0 unspecified atom stereocenters. The van der Waals surface area contributed by atoms with Gasteiger partial charge in [0.1, 0.15) is 11.2 Å². The molecule has 0 fully saturated rings. The first-order valence-electron chi connectivity index (χ1n) is 19.5. The topological polar surface area (TPSA) is 56.7 Å². The van der Waals surface area contributed by atoms with Crippen LogP contribution in [0.4, 0.5) is 0 Å². The van der Waals surface area contributed by atoms with Gasteiger partial charge in [0.25, 0.3) is 0 Å². The van der Waals surface area contributed by atoms with Crippen LogP contribution in [0.1, 0.15) is 0 Å². The Kier molecular flexibility index (Phi) is 7.16. The van der Waals surface area contributed by atoms with Gasteiger partial charge in [0.05, 0.1) is 11.0 Å². The lowest BCUT2D eigenvalue weighted by Gasteiger charge is -2.14. The normalized spacial score (nSPS) is 11.8. The molecule has 0 N–H and O–H groups in total. The minimum absolute atomic E-state index is 0.585. The van der Waals surface area contributed by atoms with Crippen LogP contribution in [0.3, 0.4) is 0 Å². The third-order valence-corrected chi connectivity index (χ3v) is 11.4. The van der Waals surface area contributed by atoms with Crippen LogP contribution in [0.25, 0.3) is 116 Å². The lowest BCUT2D eigenvalue weighted by Crippen LogP contribution is -2.00. The lowest BCUT2D eigenvalue weighted by molar-refractivity contribution is 0.670. The number of aromatic nitrogens is 4. The van der Waals surface area contributed by atoms with Crippen LogP contribution in [0.5, 0.6) is 0 Å². The van der Waals surface area contributed by atoms with Crippen LogP contribution in [0.15, 0.2) is 199 Å². The zero-order valence-corrected chi connectivity index (χ0v) is 31.2. The molecule has 5 nitrogen and oxygen atoms in total. The highest BCUT2D eigenvalue weighted by molar-refractivity contribution is 6.19. The van der Waals surface area contributed by atoms with Crippen molar-refractivity contribution in [3.63, 3.8) is 0 Å². The standard InChI is InChI=1S/C53H32N4O/c1-3-15-33(16-4-1)51-54-52(34-17-5-2-6-18-34)56-53(55-51)36-27-28-43-45-31-37(57-47-25-13-11-23-41(47)42-24-12-14-26-48(42)57)32-46(50(45)58-49(43)30-36)44-29-35-19-7-8-20-38(35)39-21-9-10-22-40(39)44/h1-32H. The molecule has 0 bridgehead atoms. The van der Waals surface area contributed by atoms with Crippen molar-refractivity contribution in [2.75, 3.05) is 0 Å². The monoisotopic (exact) mass is 740 g/mol. The first-order chi connectivity index (χ1) is 28.7. The van der Waals surface area contributed by atoms with Gasteiger partial charge in [0.2, 0.25) is 0 Å². The Morgan fingerprint density at radius 1 is 0.345 bits per heavy atom. The van der Waals surface area contributed by atoms with Crippen LogP contribution < -0.4 is 0 Å². The van der Waals surface area contributed by atoms with Crippen LogP contribution in [0.2, 0.25) is 0 Å². The van der Waals surface area contributed by atoms with E-state index in [1.807, 2.05) is 60.7 Å². The number of hydrogen-bond acceptors (Lipinski definition) is 4. The van der Waals surface area contributed by atoms with Gasteiger partial charge in [-0.2, -0.15) is 0 Å². The van der Waals surface area contributed by atoms with Gasteiger partial charge in [-0.1, -0.05) is 152 Å². The van der Waals surface area contributed by atoms with Crippen molar-refractivity contribution in [2.45, 2.75) is 0 Å². The van der Waals surface area contributed by atoms with Gasteiger partial charge in [-0.25, -0.2) is 15.0 Å². The molecule has 58 heavy (non-hydrogen) atoms. The molecule has 3 aromatic heterocycles. The van der Waals surface area contributed by atoms with E-state index < -0.39 is 0 Å². The van der Waals surface area contributed by atoms with E-state index in [0.29, 0.717) is 17.5 Å². The molecular weight excluding hydrogens is 709 g/mol. The Hall–Kier alpha value is -7.89. The summed E-state index contributed by atoms with van der Waals surface area (Å²) >= 11 is 0. The Morgan fingerprint density at radius 2 is 0.879 bits per heavy atom. The zero-order chi connectivity index (χ0) is 38.2. The summed E-state index contributed by atoms with van der Waals surface area (Å²) in [6.45, 7) is 0. The summed E-state index contributed by atoms with van der Waals surface area (Å²) in [7, 11) is 0. The van der Waals surface area contributed by atoms with Gasteiger partial charge in [-0.05, 0) is 69.6 Å². The molecule has 0 amide bonds. The number of para-hydroxylation sites is 2. The first kappa shape index (κ1) is 32.4. The minimum Gasteiger partial charge on any atom is -0.455 e. The summed E-state index contributed by atoms with van der Waals surface area (Å²) in [6, 6.07) is 68.1. The molecule has 0 saturated heterocycles.